The molecule has 1 fully saturated rings. The first-order valence-electron chi connectivity index (χ1n) is 12.6. The molecule has 0 amide bonds. The highest BCUT2D eigenvalue weighted by molar-refractivity contribution is 7.81. The third-order valence-electron chi connectivity index (χ3n) is 6.83. The normalized spacial score (nSPS) is 16.9. The average molecular weight is 483 g/mol. The molecule has 1 heterocycles. The predicted molar refractivity (Wildman–Crippen MR) is 152 cm³/mol. The quantitative estimate of drug-likeness (QED) is 0.376. The van der Waals surface area contributed by atoms with Crippen LogP contribution >= 0.6 is 12.2 Å². The maximum Gasteiger partial charge on any atom is 0.131 e. The number of aromatic nitrogens is 1. The number of hydrogen-bond donors (Lipinski definition) is 1. The van der Waals surface area contributed by atoms with Gasteiger partial charge < -0.3 is 5.32 Å². The largest absolute Gasteiger partial charge is 0.331 e. The van der Waals surface area contributed by atoms with Crippen molar-refractivity contribution in [2.75, 3.05) is 5.32 Å². The standard InChI is InChI=1S/C24H25FN2S.3C2H6/c1-23(2)13-20(24(23,3)4)16-5-6-17-14-26-21(12-18(17)11-16)27-22(28)15-7-9-19(25)10-8-15;3*1-2/h5-12,14,20H,13H2,1-4H3,(H,26,27,28);3*1-2H3. The highest BCUT2D eigenvalue weighted by Crippen LogP contribution is 2.64. The van der Waals surface area contributed by atoms with Crippen LogP contribution in [0.15, 0.2) is 54.7 Å². The number of halogens is 1. The second-order valence-corrected chi connectivity index (χ2v) is 9.41. The molecule has 1 unspecified atom stereocenters. The Balaban J connectivity index is 0.000000894. The summed E-state index contributed by atoms with van der Waals surface area (Å²) in [5.41, 5.74) is 2.79. The van der Waals surface area contributed by atoms with E-state index in [-0.39, 0.29) is 11.2 Å². The fraction of sp³-hybridized carbons (Fsp3) is 0.467. The zero-order valence-corrected chi connectivity index (χ0v) is 23.5. The number of thiocarbonyl (C=S) groups is 1. The molecule has 4 rings (SSSR count). The Morgan fingerprint density at radius 2 is 1.47 bits per heavy atom. The predicted octanol–water partition coefficient (Wildman–Crippen LogP) is 9.78. The molecule has 0 aliphatic heterocycles. The molecule has 2 aromatic carbocycles. The maximum atomic E-state index is 13.1. The minimum absolute atomic E-state index is 0.273. The average Bonchev–Trinajstić information content (AvgIpc) is 2.86. The van der Waals surface area contributed by atoms with Crippen LogP contribution in [0.3, 0.4) is 0 Å². The summed E-state index contributed by atoms with van der Waals surface area (Å²) in [5.74, 6) is 0.994. The first-order chi connectivity index (χ1) is 16.2. The molecule has 1 aliphatic carbocycles. The lowest BCUT2D eigenvalue weighted by Gasteiger charge is -2.59. The SMILES string of the molecule is CC.CC.CC.CC1(C)CC(c2ccc3cnc(NC(=S)c4ccc(F)cc4)cc3c2)C1(C)C. The Hall–Kier alpha value is -2.33. The molecule has 1 saturated carbocycles. The van der Waals surface area contributed by atoms with E-state index in [1.807, 2.05) is 53.8 Å². The lowest BCUT2D eigenvalue weighted by atomic mass is 9.45. The zero-order chi connectivity index (χ0) is 26.1. The third-order valence-corrected chi connectivity index (χ3v) is 7.16. The molecule has 1 N–H and O–H groups in total. The fourth-order valence-electron chi connectivity index (χ4n) is 4.14. The van der Waals surface area contributed by atoms with Gasteiger partial charge in [0, 0.05) is 17.1 Å². The number of hydrogen-bond acceptors (Lipinski definition) is 2. The van der Waals surface area contributed by atoms with Crippen LogP contribution in [0, 0.1) is 16.6 Å². The van der Waals surface area contributed by atoms with Crippen molar-refractivity contribution in [1.29, 1.82) is 0 Å². The number of benzene rings is 2. The van der Waals surface area contributed by atoms with Gasteiger partial charge in [0.1, 0.15) is 16.6 Å². The molecule has 2 nitrogen and oxygen atoms in total. The van der Waals surface area contributed by atoms with Crippen molar-refractivity contribution in [3.05, 3.63) is 71.7 Å². The van der Waals surface area contributed by atoms with Crippen molar-refractivity contribution in [1.82, 2.24) is 4.98 Å². The van der Waals surface area contributed by atoms with Crippen molar-refractivity contribution < 1.29 is 4.39 Å². The van der Waals surface area contributed by atoms with Crippen molar-refractivity contribution >= 4 is 33.8 Å². The highest BCUT2D eigenvalue weighted by atomic mass is 32.1. The molecule has 0 spiro atoms. The summed E-state index contributed by atoms with van der Waals surface area (Å²) in [5, 5.41) is 5.43. The number of anilines is 1. The first-order valence-corrected chi connectivity index (χ1v) is 13.0. The van der Waals surface area contributed by atoms with Gasteiger partial charge in [-0.3, -0.25) is 0 Å². The monoisotopic (exact) mass is 482 g/mol. The maximum absolute atomic E-state index is 13.1. The fourth-order valence-corrected chi connectivity index (χ4v) is 4.38. The first kappa shape index (κ1) is 29.7. The van der Waals surface area contributed by atoms with Crippen molar-refractivity contribution in [2.45, 2.75) is 81.6 Å². The van der Waals surface area contributed by atoms with E-state index in [1.165, 1.54) is 24.1 Å². The van der Waals surface area contributed by atoms with Gasteiger partial charge in [-0.15, -0.1) is 0 Å². The molecule has 3 aromatic rings. The zero-order valence-electron chi connectivity index (χ0n) is 22.7. The van der Waals surface area contributed by atoms with Crippen LogP contribution < -0.4 is 5.32 Å². The number of rotatable bonds is 3. The van der Waals surface area contributed by atoms with Gasteiger partial charge in [0.05, 0.1) is 0 Å². The molecule has 186 valence electrons. The van der Waals surface area contributed by atoms with Crippen LogP contribution in [0.4, 0.5) is 10.2 Å². The van der Waals surface area contributed by atoms with E-state index in [0.717, 1.165) is 16.3 Å². The summed E-state index contributed by atoms with van der Waals surface area (Å²) in [6, 6.07) is 14.9. The number of nitrogens with one attached hydrogen (secondary N) is 1. The van der Waals surface area contributed by atoms with E-state index >= 15 is 0 Å². The summed E-state index contributed by atoms with van der Waals surface area (Å²) < 4.78 is 13.1. The summed E-state index contributed by atoms with van der Waals surface area (Å²) in [7, 11) is 0. The second kappa shape index (κ2) is 12.9. The molecule has 0 saturated heterocycles. The van der Waals surface area contributed by atoms with E-state index in [1.54, 1.807) is 12.1 Å². The van der Waals surface area contributed by atoms with Crippen molar-refractivity contribution in [2.24, 2.45) is 10.8 Å². The molecule has 34 heavy (non-hydrogen) atoms. The Morgan fingerprint density at radius 1 is 0.882 bits per heavy atom. The van der Waals surface area contributed by atoms with Gasteiger partial charge >= 0.3 is 0 Å². The Morgan fingerprint density at radius 3 is 2.00 bits per heavy atom. The van der Waals surface area contributed by atoms with E-state index < -0.39 is 0 Å². The van der Waals surface area contributed by atoms with E-state index in [2.05, 4.69) is 56.2 Å². The van der Waals surface area contributed by atoms with Crippen LogP contribution in [-0.4, -0.2) is 9.97 Å². The van der Waals surface area contributed by atoms with Crippen LogP contribution in [-0.2, 0) is 0 Å². The Kier molecular flexibility index (Phi) is 11.3. The molecule has 1 atom stereocenters. The number of nitrogens with zero attached hydrogens (tertiary/aromatic N) is 1. The van der Waals surface area contributed by atoms with E-state index in [9.17, 15) is 4.39 Å². The second-order valence-electron chi connectivity index (χ2n) is 9.00. The smallest absolute Gasteiger partial charge is 0.131 e. The summed E-state index contributed by atoms with van der Waals surface area (Å²) >= 11 is 5.45. The van der Waals surface area contributed by atoms with Crippen LogP contribution in [0.1, 0.15) is 92.7 Å². The molecule has 0 radical (unpaired) electrons. The van der Waals surface area contributed by atoms with Crippen LogP contribution in [0.25, 0.3) is 10.8 Å². The van der Waals surface area contributed by atoms with Gasteiger partial charge in [0.25, 0.3) is 0 Å². The Bertz CT molecular complexity index is 1060. The molecular formula is C30H43FN2S. The lowest BCUT2D eigenvalue weighted by Crippen LogP contribution is -2.49. The van der Waals surface area contributed by atoms with Gasteiger partial charge in [-0.2, -0.15) is 0 Å². The van der Waals surface area contributed by atoms with Gasteiger partial charge in [0.2, 0.25) is 0 Å². The summed E-state index contributed by atoms with van der Waals surface area (Å²) in [4.78, 5) is 5.01. The number of pyridine rings is 1. The van der Waals surface area contributed by atoms with E-state index in [4.69, 9.17) is 12.2 Å². The lowest BCUT2D eigenvalue weighted by molar-refractivity contribution is -0.0486. The third kappa shape index (κ3) is 6.41. The minimum atomic E-state index is -0.273. The molecule has 1 aliphatic rings. The Labute approximate surface area is 212 Å². The van der Waals surface area contributed by atoms with Gasteiger partial charge in [-0.1, -0.05) is 99.7 Å². The van der Waals surface area contributed by atoms with Crippen LogP contribution in [0.5, 0.6) is 0 Å². The summed E-state index contributed by atoms with van der Waals surface area (Å²) in [6.45, 7) is 21.4. The van der Waals surface area contributed by atoms with Crippen molar-refractivity contribution in [3.63, 3.8) is 0 Å². The molecule has 1 aromatic heterocycles. The number of fused-ring (bicyclic) bond motifs is 1. The topological polar surface area (TPSA) is 24.9 Å². The minimum Gasteiger partial charge on any atom is -0.331 e. The van der Waals surface area contributed by atoms with Gasteiger partial charge in [0.15, 0.2) is 0 Å². The highest BCUT2D eigenvalue weighted by Gasteiger charge is 2.54. The summed E-state index contributed by atoms with van der Waals surface area (Å²) in [6.07, 6.45) is 3.07. The molecule has 4 heteroatoms. The van der Waals surface area contributed by atoms with Crippen molar-refractivity contribution in [3.8, 4) is 0 Å². The van der Waals surface area contributed by atoms with E-state index in [0.29, 0.717) is 22.1 Å². The van der Waals surface area contributed by atoms with Crippen LogP contribution in [0.2, 0.25) is 0 Å². The van der Waals surface area contributed by atoms with Gasteiger partial charge in [-0.25, -0.2) is 9.37 Å². The molecule has 0 bridgehead atoms. The molecular weight excluding hydrogens is 439 g/mol. The van der Waals surface area contributed by atoms with Gasteiger partial charge in [-0.05, 0) is 64.5 Å².